The second kappa shape index (κ2) is 10.4. The monoisotopic (exact) mass is 633 g/mol. The van der Waals surface area contributed by atoms with Crippen LogP contribution in [0.5, 0.6) is 0 Å². The first-order valence-electron chi connectivity index (χ1n) is 10.0. The molecule has 0 aliphatic carbocycles. The SMILES string of the molecule is O=S(=O)(O)c1cc(S(=O)(=O)O)c2cc(N=Nc3ccc(Nc4cc(Cl)nc(Cl)n4)cc3)cc(S(=O)(=O)O)c2c1. The van der Waals surface area contributed by atoms with Gasteiger partial charge >= 0.3 is 0 Å². The van der Waals surface area contributed by atoms with Crippen molar-refractivity contribution in [3.05, 3.63) is 65.0 Å². The normalized spacial score (nSPS) is 12.7. The van der Waals surface area contributed by atoms with Crippen LogP contribution in [0.15, 0.2) is 79.5 Å². The summed E-state index contributed by atoms with van der Waals surface area (Å²) in [7, 11) is -15.3. The number of hydrogen-bond donors (Lipinski definition) is 4. The molecule has 0 saturated carbocycles. The number of azo groups is 1. The fourth-order valence-corrected chi connectivity index (χ4v) is 5.77. The number of nitrogens with one attached hydrogen (secondary N) is 1. The number of benzene rings is 3. The molecule has 1 aromatic heterocycles. The summed E-state index contributed by atoms with van der Waals surface area (Å²) in [6, 6.07) is 10.4. The Hall–Kier alpha value is -3.29. The second-order valence-corrected chi connectivity index (χ2v) is 12.5. The van der Waals surface area contributed by atoms with Crippen LogP contribution in [0.4, 0.5) is 22.9 Å². The summed E-state index contributed by atoms with van der Waals surface area (Å²) in [5.74, 6) is 0.315. The number of aromatic nitrogens is 2. The van der Waals surface area contributed by atoms with Gasteiger partial charge in [-0.15, -0.1) is 0 Å². The highest BCUT2D eigenvalue weighted by molar-refractivity contribution is 7.87. The van der Waals surface area contributed by atoms with Gasteiger partial charge < -0.3 is 5.32 Å². The molecule has 4 N–H and O–H groups in total. The molecule has 204 valence electrons. The van der Waals surface area contributed by atoms with E-state index in [1.54, 1.807) is 12.1 Å². The fourth-order valence-electron chi connectivity index (χ4n) is 3.32. The zero-order chi connectivity index (χ0) is 28.8. The molecule has 0 saturated heterocycles. The van der Waals surface area contributed by atoms with Gasteiger partial charge in [-0.3, -0.25) is 13.7 Å². The van der Waals surface area contributed by atoms with Crippen molar-refractivity contribution in [1.29, 1.82) is 0 Å². The molecule has 1 heterocycles. The van der Waals surface area contributed by atoms with Crippen LogP contribution in [0.1, 0.15) is 0 Å². The Morgan fingerprint density at radius 3 is 1.79 bits per heavy atom. The Kier molecular flexibility index (Phi) is 7.63. The van der Waals surface area contributed by atoms with Gasteiger partial charge in [0.25, 0.3) is 30.4 Å². The quantitative estimate of drug-likeness (QED) is 0.0927. The Bertz CT molecular complexity index is 1970. The Morgan fingerprint density at radius 1 is 0.667 bits per heavy atom. The lowest BCUT2D eigenvalue weighted by molar-refractivity contribution is 0.478. The standard InChI is InChI=1S/C20H13Cl2N5O9S3/c21-18-9-19(25-20(22)24-18)23-10-1-3-11(4-2-10)26-27-12-5-14-15(16(6-12)38(31,32)33)7-13(37(28,29)30)8-17(14)39(34,35)36/h1-9H,(H,23,24,25)(H,28,29,30)(H,31,32,33)(H,34,35,36). The molecular weight excluding hydrogens is 621 g/mol. The fraction of sp³-hybridized carbons (Fsp3) is 0. The Morgan fingerprint density at radius 2 is 1.23 bits per heavy atom. The maximum Gasteiger partial charge on any atom is 0.295 e. The molecule has 0 aliphatic rings. The van der Waals surface area contributed by atoms with Gasteiger partial charge in [0.15, 0.2) is 0 Å². The van der Waals surface area contributed by atoms with E-state index >= 15 is 0 Å². The zero-order valence-electron chi connectivity index (χ0n) is 18.8. The second-order valence-electron chi connectivity index (χ2n) is 7.60. The van der Waals surface area contributed by atoms with E-state index in [1.807, 2.05) is 0 Å². The van der Waals surface area contributed by atoms with E-state index < -0.39 is 55.8 Å². The number of rotatable bonds is 7. The summed E-state index contributed by atoms with van der Waals surface area (Å²) in [5, 5.41) is 9.64. The third-order valence-corrected chi connectivity index (χ3v) is 7.88. The first kappa shape index (κ1) is 28.7. The summed E-state index contributed by atoms with van der Waals surface area (Å²) in [4.78, 5) is 4.64. The lowest BCUT2D eigenvalue weighted by atomic mass is 10.1. The van der Waals surface area contributed by atoms with E-state index in [9.17, 15) is 38.9 Å². The minimum Gasteiger partial charge on any atom is -0.340 e. The highest BCUT2D eigenvalue weighted by atomic mass is 35.5. The van der Waals surface area contributed by atoms with E-state index in [0.29, 0.717) is 23.6 Å². The summed E-state index contributed by atoms with van der Waals surface area (Å²) < 4.78 is 99.9. The molecule has 0 spiro atoms. The maximum atomic E-state index is 12.1. The molecule has 0 unspecified atom stereocenters. The Balaban J connectivity index is 1.77. The average molecular weight is 634 g/mol. The van der Waals surface area contributed by atoms with Gasteiger partial charge in [0.05, 0.1) is 16.3 Å². The van der Waals surface area contributed by atoms with E-state index in [1.165, 1.54) is 18.2 Å². The minimum atomic E-state index is -5.15. The summed E-state index contributed by atoms with van der Waals surface area (Å²) in [6.45, 7) is 0. The van der Waals surface area contributed by atoms with Crippen molar-refractivity contribution in [3.63, 3.8) is 0 Å². The molecule has 0 bridgehead atoms. The largest absolute Gasteiger partial charge is 0.340 e. The van der Waals surface area contributed by atoms with Gasteiger partial charge in [0.2, 0.25) is 5.28 Å². The summed E-state index contributed by atoms with van der Waals surface area (Å²) in [6.07, 6.45) is 0. The number of anilines is 2. The minimum absolute atomic E-state index is 0.0681. The third-order valence-electron chi connectivity index (χ3n) is 4.89. The topological polar surface area (TPSA) is 226 Å². The predicted octanol–water partition coefficient (Wildman–Crippen LogP) is 4.84. The van der Waals surface area contributed by atoms with Crippen LogP contribution in [0, 0.1) is 0 Å². The van der Waals surface area contributed by atoms with Crippen LogP contribution >= 0.6 is 23.2 Å². The van der Waals surface area contributed by atoms with E-state index in [0.717, 1.165) is 12.1 Å². The van der Waals surface area contributed by atoms with Crippen molar-refractivity contribution >= 4 is 87.2 Å². The lowest BCUT2D eigenvalue weighted by Gasteiger charge is -2.11. The molecule has 0 fully saturated rings. The maximum absolute atomic E-state index is 12.1. The molecule has 0 aliphatic heterocycles. The lowest BCUT2D eigenvalue weighted by Crippen LogP contribution is -2.07. The van der Waals surface area contributed by atoms with Crippen molar-refractivity contribution < 1.29 is 38.9 Å². The smallest absolute Gasteiger partial charge is 0.295 e. The molecular formula is C20H13Cl2N5O9S3. The first-order valence-corrected chi connectivity index (χ1v) is 15.1. The molecule has 4 rings (SSSR count). The molecule has 3 aromatic carbocycles. The highest BCUT2D eigenvalue weighted by Crippen LogP contribution is 2.36. The summed E-state index contributed by atoms with van der Waals surface area (Å²) >= 11 is 11.6. The van der Waals surface area contributed by atoms with Gasteiger partial charge in [0.1, 0.15) is 20.8 Å². The van der Waals surface area contributed by atoms with Crippen LogP contribution in [0.25, 0.3) is 10.8 Å². The van der Waals surface area contributed by atoms with Crippen molar-refractivity contribution in [1.82, 2.24) is 9.97 Å². The van der Waals surface area contributed by atoms with Gasteiger partial charge in [-0.1, -0.05) is 11.6 Å². The molecule has 14 nitrogen and oxygen atoms in total. The molecule has 19 heteroatoms. The van der Waals surface area contributed by atoms with Gasteiger partial charge in [-0.05, 0) is 60.1 Å². The number of fused-ring (bicyclic) bond motifs is 1. The van der Waals surface area contributed by atoms with Crippen molar-refractivity contribution in [2.75, 3.05) is 5.32 Å². The Labute approximate surface area is 230 Å². The van der Waals surface area contributed by atoms with E-state index in [-0.39, 0.29) is 21.8 Å². The number of halogens is 2. The number of nitrogens with zero attached hydrogens (tertiary/aromatic N) is 4. The summed E-state index contributed by atoms with van der Waals surface area (Å²) in [5.41, 5.74) is 0.517. The van der Waals surface area contributed by atoms with Crippen LogP contribution < -0.4 is 5.32 Å². The van der Waals surface area contributed by atoms with E-state index in [2.05, 4.69) is 25.5 Å². The molecule has 39 heavy (non-hydrogen) atoms. The highest BCUT2D eigenvalue weighted by Gasteiger charge is 2.25. The molecule has 4 aromatic rings. The molecule has 0 amide bonds. The first-order chi connectivity index (χ1) is 18.0. The van der Waals surface area contributed by atoms with Crippen LogP contribution in [0.3, 0.4) is 0 Å². The van der Waals surface area contributed by atoms with E-state index in [4.69, 9.17) is 23.2 Å². The van der Waals surface area contributed by atoms with Crippen molar-refractivity contribution in [2.45, 2.75) is 14.7 Å². The number of hydrogen-bond acceptors (Lipinski definition) is 11. The van der Waals surface area contributed by atoms with Crippen LogP contribution in [-0.4, -0.2) is 48.9 Å². The van der Waals surface area contributed by atoms with Crippen LogP contribution in [-0.2, 0) is 30.4 Å². The van der Waals surface area contributed by atoms with Gasteiger partial charge in [0, 0.05) is 22.5 Å². The van der Waals surface area contributed by atoms with Gasteiger partial charge in [-0.25, -0.2) is 9.97 Å². The molecule has 0 atom stereocenters. The van der Waals surface area contributed by atoms with Crippen molar-refractivity contribution in [3.8, 4) is 0 Å². The molecule has 0 radical (unpaired) electrons. The average Bonchev–Trinajstić information content (AvgIpc) is 2.80. The van der Waals surface area contributed by atoms with Gasteiger partial charge in [-0.2, -0.15) is 35.5 Å². The van der Waals surface area contributed by atoms with Crippen LogP contribution in [0.2, 0.25) is 10.4 Å². The van der Waals surface area contributed by atoms with Crippen molar-refractivity contribution in [2.24, 2.45) is 10.2 Å². The predicted molar refractivity (Wildman–Crippen MR) is 139 cm³/mol. The zero-order valence-corrected chi connectivity index (χ0v) is 22.7. The third kappa shape index (κ3) is 6.84.